The molecular weight excluding hydrogens is 258 g/mol. The van der Waals surface area contributed by atoms with Crippen LogP contribution in [-0.4, -0.2) is 27.7 Å². The summed E-state index contributed by atoms with van der Waals surface area (Å²) in [7, 11) is 0. The molecule has 2 rings (SSSR count). The van der Waals surface area contributed by atoms with Gasteiger partial charge < -0.3 is 14.9 Å². The van der Waals surface area contributed by atoms with Gasteiger partial charge in [0.25, 0.3) is 5.91 Å². The van der Waals surface area contributed by atoms with E-state index in [0.29, 0.717) is 18.9 Å². The zero-order valence-corrected chi connectivity index (χ0v) is 10.0. The molecule has 0 unspecified atom stereocenters. The Balaban J connectivity index is 1.93. The monoisotopic (exact) mass is 267 g/mol. The van der Waals surface area contributed by atoms with E-state index < -0.39 is 0 Å². The quantitative estimate of drug-likeness (QED) is 0.874. The Hall–Kier alpha value is -2.08. The van der Waals surface area contributed by atoms with E-state index in [1.807, 2.05) is 0 Å². The van der Waals surface area contributed by atoms with E-state index in [-0.39, 0.29) is 22.2 Å². The first-order valence-corrected chi connectivity index (χ1v) is 5.57. The van der Waals surface area contributed by atoms with Gasteiger partial charge in [-0.25, -0.2) is 0 Å². The van der Waals surface area contributed by atoms with Crippen molar-refractivity contribution in [2.75, 3.05) is 6.54 Å². The molecule has 6 nitrogen and oxygen atoms in total. The average Bonchev–Trinajstić information content (AvgIpc) is 2.85. The van der Waals surface area contributed by atoms with Crippen molar-refractivity contribution >= 4 is 17.5 Å². The Bertz CT molecular complexity index is 542. The van der Waals surface area contributed by atoms with Crippen molar-refractivity contribution in [1.29, 1.82) is 0 Å². The molecular formula is C11H10ClN3O3. The Labute approximate surface area is 108 Å². The Kier molecular flexibility index (Phi) is 3.78. The number of aromatic nitrogens is 2. The van der Waals surface area contributed by atoms with Gasteiger partial charge in [-0.3, -0.25) is 4.79 Å². The molecule has 0 aliphatic carbocycles. The lowest BCUT2D eigenvalue weighted by Gasteiger charge is -2.05. The number of hydrogen-bond donors (Lipinski definition) is 2. The SMILES string of the molecule is O=C(NCCc1ncno1)c1cc(O)ccc1Cl. The topological polar surface area (TPSA) is 88.3 Å². The number of amides is 1. The van der Waals surface area contributed by atoms with Gasteiger partial charge in [0.15, 0.2) is 6.33 Å². The van der Waals surface area contributed by atoms with Crippen LogP contribution in [0.1, 0.15) is 16.2 Å². The summed E-state index contributed by atoms with van der Waals surface area (Å²) in [5, 5.41) is 15.7. The summed E-state index contributed by atoms with van der Waals surface area (Å²) in [6.45, 7) is 0.340. The molecule has 7 heteroatoms. The number of phenolic OH excluding ortho intramolecular Hbond substituents is 1. The molecule has 2 aromatic rings. The lowest BCUT2D eigenvalue weighted by Crippen LogP contribution is -2.26. The first kappa shape index (κ1) is 12.4. The first-order chi connectivity index (χ1) is 8.66. The second kappa shape index (κ2) is 5.50. The number of hydrogen-bond acceptors (Lipinski definition) is 5. The highest BCUT2D eigenvalue weighted by molar-refractivity contribution is 6.33. The predicted molar refractivity (Wildman–Crippen MR) is 63.5 cm³/mol. The minimum Gasteiger partial charge on any atom is -0.508 e. The molecule has 0 bridgehead atoms. The lowest BCUT2D eigenvalue weighted by atomic mass is 10.2. The standard InChI is InChI=1S/C11H10ClN3O3/c12-9-2-1-7(16)5-8(9)11(17)13-4-3-10-14-6-15-18-10/h1-2,5-6,16H,3-4H2,(H,13,17). The van der Waals surface area contributed by atoms with E-state index in [2.05, 4.69) is 15.5 Å². The molecule has 0 aliphatic rings. The van der Waals surface area contributed by atoms with Crippen molar-refractivity contribution in [1.82, 2.24) is 15.5 Å². The molecule has 1 aromatic heterocycles. The van der Waals surface area contributed by atoms with Crippen LogP contribution in [0.2, 0.25) is 5.02 Å². The van der Waals surface area contributed by atoms with Gasteiger partial charge in [-0.15, -0.1) is 0 Å². The van der Waals surface area contributed by atoms with E-state index in [0.717, 1.165) is 0 Å². The van der Waals surface area contributed by atoms with E-state index in [9.17, 15) is 9.90 Å². The third-order valence-electron chi connectivity index (χ3n) is 2.23. The second-order valence-corrected chi connectivity index (χ2v) is 3.91. The van der Waals surface area contributed by atoms with Crippen LogP contribution in [0.25, 0.3) is 0 Å². The van der Waals surface area contributed by atoms with Gasteiger partial charge in [-0.2, -0.15) is 4.98 Å². The molecule has 18 heavy (non-hydrogen) atoms. The number of halogens is 1. The summed E-state index contributed by atoms with van der Waals surface area (Å²) in [5.74, 6) is 0.0640. The molecule has 1 aromatic carbocycles. The summed E-state index contributed by atoms with van der Waals surface area (Å²) in [6, 6.07) is 4.19. The number of phenols is 1. The van der Waals surface area contributed by atoms with E-state index in [4.69, 9.17) is 16.1 Å². The first-order valence-electron chi connectivity index (χ1n) is 5.19. The average molecular weight is 268 g/mol. The maximum absolute atomic E-state index is 11.8. The molecule has 1 amide bonds. The van der Waals surface area contributed by atoms with Gasteiger partial charge in [0.1, 0.15) is 5.75 Å². The predicted octanol–water partition coefficient (Wildman–Crippen LogP) is 1.40. The van der Waals surface area contributed by atoms with Crippen molar-refractivity contribution in [3.8, 4) is 5.75 Å². The van der Waals surface area contributed by atoms with E-state index in [1.54, 1.807) is 0 Å². The van der Waals surface area contributed by atoms with Crippen LogP contribution in [0.3, 0.4) is 0 Å². The molecule has 0 saturated carbocycles. The normalized spacial score (nSPS) is 10.3. The molecule has 0 fully saturated rings. The third kappa shape index (κ3) is 2.98. The van der Waals surface area contributed by atoms with E-state index in [1.165, 1.54) is 24.5 Å². The van der Waals surface area contributed by atoms with Crippen molar-refractivity contribution < 1.29 is 14.4 Å². The highest BCUT2D eigenvalue weighted by Gasteiger charge is 2.11. The van der Waals surface area contributed by atoms with Gasteiger partial charge in [0.2, 0.25) is 5.89 Å². The lowest BCUT2D eigenvalue weighted by molar-refractivity contribution is 0.0953. The Morgan fingerprint density at radius 2 is 2.33 bits per heavy atom. The van der Waals surface area contributed by atoms with Gasteiger partial charge in [-0.1, -0.05) is 16.8 Å². The molecule has 94 valence electrons. The molecule has 0 atom stereocenters. The number of carbonyl (C=O) groups is 1. The molecule has 2 N–H and O–H groups in total. The molecule has 0 saturated heterocycles. The Morgan fingerprint density at radius 3 is 3.06 bits per heavy atom. The zero-order chi connectivity index (χ0) is 13.0. The van der Waals surface area contributed by atoms with Crippen LogP contribution in [0.15, 0.2) is 29.0 Å². The van der Waals surface area contributed by atoms with Crippen molar-refractivity contribution in [2.24, 2.45) is 0 Å². The summed E-state index contributed by atoms with van der Waals surface area (Å²) < 4.78 is 4.79. The summed E-state index contributed by atoms with van der Waals surface area (Å²) >= 11 is 5.86. The van der Waals surface area contributed by atoms with Crippen LogP contribution < -0.4 is 5.32 Å². The fraction of sp³-hybridized carbons (Fsp3) is 0.182. The van der Waals surface area contributed by atoms with Crippen molar-refractivity contribution in [2.45, 2.75) is 6.42 Å². The van der Waals surface area contributed by atoms with Crippen LogP contribution in [-0.2, 0) is 6.42 Å². The summed E-state index contributed by atoms with van der Waals surface area (Å²) in [6.07, 6.45) is 1.73. The maximum atomic E-state index is 11.8. The smallest absolute Gasteiger partial charge is 0.252 e. The molecule has 0 aliphatic heterocycles. The number of nitrogens with zero attached hydrogens (tertiary/aromatic N) is 2. The highest BCUT2D eigenvalue weighted by atomic mass is 35.5. The number of rotatable bonds is 4. The van der Waals surface area contributed by atoms with Gasteiger partial charge in [0.05, 0.1) is 10.6 Å². The third-order valence-corrected chi connectivity index (χ3v) is 2.56. The van der Waals surface area contributed by atoms with Crippen LogP contribution in [0, 0.1) is 0 Å². The van der Waals surface area contributed by atoms with Crippen LogP contribution in [0.4, 0.5) is 0 Å². The van der Waals surface area contributed by atoms with Crippen molar-refractivity contribution in [3.63, 3.8) is 0 Å². The van der Waals surface area contributed by atoms with Gasteiger partial charge in [0, 0.05) is 13.0 Å². The van der Waals surface area contributed by atoms with Crippen molar-refractivity contribution in [3.05, 3.63) is 41.0 Å². The largest absolute Gasteiger partial charge is 0.508 e. The minimum atomic E-state index is -0.365. The highest BCUT2D eigenvalue weighted by Crippen LogP contribution is 2.20. The van der Waals surface area contributed by atoms with Crippen LogP contribution in [0.5, 0.6) is 5.75 Å². The fourth-order valence-electron chi connectivity index (χ4n) is 1.37. The zero-order valence-electron chi connectivity index (χ0n) is 9.26. The van der Waals surface area contributed by atoms with Crippen LogP contribution >= 0.6 is 11.6 Å². The fourth-order valence-corrected chi connectivity index (χ4v) is 1.57. The number of aromatic hydroxyl groups is 1. The maximum Gasteiger partial charge on any atom is 0.252 e. The minimum absolute atomic E-state index is 0.0125. The summed E-state index contributed by atoms with van der Waals surface area (Å²) in [5.41, 5.74) is 0.224. The number of carbonyl (C=O) groups excluding carboxylic acids is 1. The van der Waals surface area contributed by atoms with Gasteiger partial charge >= 0.3 is 0 Å². The van der Waals surface area contributed by atoms with Gasteiger partial charge in [-0.05, 0) is 18.2 Å². The molecule has 0 radical (unpaired) electrons. The van der Waals surface area contributed by atoms with E-state index >= 15 is 0 Å². The Morgan fingerprint density at radius 1 is 1.50 bits per heavy atom. The second-order valence-electron chi connectivity index (χ2n) is 3.51. The molecule has 0 spiro atoms. The summed E-state index contributed by atoms with van der Waals surface area (Å²) in [4.78, 5) is 15.6. The molecule has 1 heterocycles. The number of benzene rings is 1. The number of nitrogens with one attached hydrogen (secondary N) is 1.